The van der Waals surface area contributed by atoms with E-state index < -0.39 is 0 Å². The molecular weight excluding hydrogens is 565 g/mol. The van der Waals surface area contributed by atoms with Crippen LogP contribution in [0.5, 0.6) is 0 Å². The third-order valence-electron chi connectivity index (χ3n) is 7.52. The fourth-order valence-electron chi connectivity index (χ4n) is 5.45. The molecule has 0 aliphatic carbocycles. The van der Waals surface area contributed by atoms with E-state index in [1.807, 2.05) is 36.4 Å². The molecule has 0 atom stereocenters. The summed E-state index contributed by atoms with van der Waals surface area (Å²) in [6.07, 6.45) is 0. The van der Waals surface area contributed by atoms with Crippen molar-refractivity contribution in [2.24, 2.45) is 0 Å². The predicted molar refractivity (Wildman–Crippen MR) is 171 cm³/mol. The van der Waals surface area contributed by atoms with Crippen molar-refractivity contribution in [1.29, 1.82) is 0 Å². The van der Waals surface area contributed by atoms with Crippen LogP contribution in [0.3, 0.4) is 0 Å². The summed E-state index contributed by atoms with van der Waals surface area (Å²) in [4.78, 5) is 14.9. The maximum absolute atomic E-state index is 5.02. The zero-order valence-corrected chi connectivity index (χ0v) is 23.7. The molecule has 3 nitrogen and oxygen atoms in total. The third kappa shape index (κ3) is 4.35. The molecule has 0 aliphatic heterocycles. The first-order chi connectivity index (χ1) is 20.3. The van der Waals surface area contributed by atoms with Gasteiger partial charge in [0.2, 0.25) is 0 Å². The number of hydrogen-bond acceptors (Lipinski definition) is 3. The minimum absolute atomic E-state index is 0.126. The van der Waals surface area contributed by atoms with Crippen LogP contribution >= 0.6 is 0 Å². The van der Waals surface area contributed by atoms with Crippen LogP contribution in [0, 0.1) is 0 Å². The number of fused-ring (bicyclic) bond motifs is 4. The van der Waals surface area contributed by atoms with Crippen molar-refractivity contribution in [3.8, 4) is 45.3 Å². The van der Waals surface area contributed by atoms with Crippen LogP contribution in [-0.4, -0.2) is 29.5 Å². The fourth-order valence-corrected chi connectivity index (χ4v) is 8.08. The average molecular weight is 589 g/mol. The first kappa shape index (κ1) is 24.0. The molecule has 0 N–H and O–H groups in total. The van der Waals surface area contributed by atoms with Crippen molar-refractivity contribution in [2.45, 2.75) is 0 Å². The van der Waals surface area contributed by atoms with E-state index in [4.69, 9.17) is 15.0 Å². The van der Waals surface area contributed by atoms with Crippen molar-refractivity contribution in [3.05, 3.63) is 140 Å². The van der Waals surface area contributed by atoms with E-state index in [0.29, 0.717) is 11.6 Å². The van der Waals surface area contributed by atoms with Gasteiger partial charge in [-0.15, -0.1) is 0 Å². The Morgan fingerprint density at radius 3 is 1.73 bits per heavy atom. The summed E-state index contributed by atoms with van der Waals surface area (Å²) in [5.74, 6) is 2.10. The Morgan fingerprint density at radius 1 is 0.390 bits per heavy atom. The summed E-state index contributed by atoms with van der Waals surface area (Å²) in [5, 5.41) is 5.12. The van der Waals surface area contributed by atoms with E-state index >= 15 is 0 Å². The Kier molecular flexibility index (Phi) is 5.81. The summed E-state index contributed by atoms with van der Waals surface area (Å²) in [7, 11) is 0. The van der Waals surface area contributed by atoms with Gasteiger partial charge in [0.05, 0.1) is 0 Å². The topological polar surface area (TPSA) is 38.7 Å². The molecule has 0 fully saturated rings. The van der Waals surface area contributed by atoms with Gasteiger partial charge in [-0.2, -0.15) is 0 Å². The third-order valence-corrected chi connectivity index (χ3v) is 10.0. The summed E-state index contributed by atoms with van der Waals surface area (Å²) >= 11 is 0.126. The molecule has 0 saturated heterocycles. The van der Waals surface area contributed by atoms with Gasteiger partial charge >= 0.3 is 244 Å². The predicted octanol–water partition coefficient (Wildman–Crippen LogP) is 9.06. The van der Waals surface area contributed by atoms with E-state index in [9.17, 15) is 0 Å². The SMILES string of the molecule is c1ccc(-c2nc(-c3ccccc3)nc(-c3cccc4c3[se]c3cc(-c5ccc6ccccc6c5)ccc34)n2)cc1. The molecule has 2 aromatic heterocycles. The van der Waals surface area contributed by atoms with Crippen molar-refractivity contribution in [3.63, 3.8) is 0 Å². The summed E-state index contributed by atoms with van der Waals surface area (Å²) < 4.78 is 2.72. The van der Waals surface area contributed by atoms with Crippen LogP contribution in [0.1, 0.15) is 0 Å². The zero-order valence-electron chi connectivity index (χ0n) is 22.0. The maximum atomic E-state index is 5.02. The van der Waals surface area contributed by atoms with Crippen LogP contribution in [-0.2, 0) is 0 Å². The fraction of sp³-hybridized carbons (Fsp3) is 0. The molecule has 4 heteroatoms. The van der Waals surface area contributed by atoms with Gasteiger partial charge in [0, 0.05) is 0 Å². The van der Waals surface area contributed by atoms with Crippen LogP contribution in [0.25, 0.3) is 75.4 Å². The van der Waals surface area contributed by atoms with Gasteiger partial charge in [0.25, 0.3) is 0 Å². The molecule has 0 saturated carbocycles. The molecule has 0 aliphatic rings. The van der Waals surface area contributed by atoms with Gasteiger partial charge in [0.1, 0.15) is 0 Å². The van der Waals surface area contributed by atoms with E-state index in [2.05, 4.69) is 103 Å². The van der Waals surface area contributed by atoms with E-state index in [0.717, 1.165) is 22.5 Å². The summed E-state index contributed by atoms with van der Waals surface area (Å²) in [6.45, 7) is 0. The van der Waals surface area contributed by atoms with E-state index in [-0.39, 0.29) is 14.5 Å². The molecular formula is C37H23N3Se. The Morgan fingerprint density at radius 2 is 1.00 bits per heavy atom. The molecule has 6 aromatic carbocycles. The molecule has 0 bridgehead atoms. The van der Waals surface area contributed by atoms with Crippen molar-refractivity contribution >= 4 is 44.6 Å². The normalized spacial score (nSPS) is 11.4. The number of hydrogen-bond donors (Lipinski definition) is 0. The second kappa shape index (κ2) is 9.94. The molecule has 192 valence electrons. The molecule has 41 heavy (non-hydrogen) atoms. The average Bonchev–Trinajstić information content (AvgIpc) is 3.43. The second-order valence-corrected chi connectivity index (χ2v) is 12.3. The van der Waals surface area contributed by atoms with Crippen LogP contribution in [0.2, 0.25) is 0 Å². The first-order valence-electron chi connectivity index (χ1n) is 13.6. The van der Waals surface area contributed by atoms with Crippen molar-refractivity contribution in [1.82, 2.24) is 15.0 Å². The number of rotatable bonds is 4. The number of aromatic nitrogens is 3. The van der Waals surface area contributed by atoms with Crippen LogP contribution in [0.15, 0.2) is 140 Å². The standard InChI is InChI=1S/C37H23N3Se/c1-3-11-25(12-4-1)35-38-36(26-13-5-2-6-14-26)40-37(39-35)32-17-9-16-31-30-21-20-29(23-33(30)41-34(31)32)28-19-18-24-10-7-8-15-27(24)22-28/h1-23H. The Balaban J connectivity index is 1.30. The Labute approximate surface area is 243 Å². The monoisotopic (exact) mass is 589 g/mol. The molecule has 8 rings (SSSR count). The summed E-state index contributed by atoms with van der Waals surface area (Å²) in [5.41, 5.74) is 5.55. The molecule has 0 spiro atoms. The second-order valence-electron chi connectivity index (χ2n) is 10.1. The van der Waals surface area contributed by atoms with Crippen LogP contribution in [0.4, 0.5) is 0 Å². The quantitative estimate of drug-likeness (QED) is 0.193. The van der Waals surface area contributed by atoms with Crippen LogP contribution < -0.4 is 0 Å². The summed E-state index contributed by atoms with van der Waals surface area (Å²) in [6, 6.07) is 49.0. The van der Waals surface area contributed by atoms with Gasteiger partial charge in [0.15, 0.2) is 0 Å². The molecule has 0 radical (unpaired) electrons. The van der Waals surface area contributed by atoms with Gasteiger partial charge in [-0.25, -0.2) is 0 Å². The van der Waals surface area contributed by atoms with Crippen molar-refractivity contribution in [2.75, 3.05) is 0 Å². The number of nitrogens with zero attached hydrogens (tertiary/aromatic N) is 3. The number of benzene rings is 6. The first-order valence-corrected chi connectivity index (χ1v) is 15.3. The van der Waals surface area contributed by atoms with Crippen molar-refractivity contribution < 1.29 is 0 Å². The molecule has 8 aromatic rings. The van der Waals surface area contributed by atoms with Gasteiger partial charge < -0.3 is 0 Å². The Bertz CT molecular complexity index is 2140. The van der Waals surface area contributed by atoms with Gasteiger partial charge in [-0.3, -0.25) is 0 Å². The molecule has 0 amide bonds. The zero-order chi connectivity index (χ0) is 27.2. The van der Waals surface area contributed by atoms with Gasteiger partial charge in [-0.05, 0) is 0 Å². The molecule has 0 unspecified atom stereocenters. The molecule has 2 heterocycles. The minimum atomic E-state index is 0.126. The van der Waals surface area contributed by atoms with E-state index in [1.54, 1.807) is 0 Å². The van der Waals surface area contributed by atoms with E-state index in [1.165, 1.54) is 41.2 Å². The van der Waals surface area contributed by atoms with Gasteiger partial charge in [-0.1, -0.05) is 0 Å². The Hall–Kier alpha value is -4.89.